The number of hydrogen-bond donors (Lipinski definition) is 2. The van der Waals surface area contributed by atoms with Crippen molar-refractivity contribution in [1.82, 2.24) is 10.2 Å². The molecule has 4 heteroatoms. The fourth-order valence-corrected chi connectivity index (χ4v) is 2.04. The zero-order valence-electron chi connectivity index (χ0n) is 7.96. The molecule has 2 aliphatic heterocycles. The Morgan fingerprint density at radius 2 is 2.15 bits per heavy atom. The van der Waals surface area contributed by atoms with Gasteiger partial charge in [0.05, 0.1) is 18.8 Å². The molecule has 2 fully saturated rings. The third-order valence-electron chi connectivity index (χ3n) is 2.84. The van der Waals surface area contributed by atoms with Crippen LogP contribution in [-0.4, -0.2) is 61.5 Å². The van der Waals surface area contributed by atoms with Crippen molar-refractivity contribution in [3.8, 4) is 0 Å². The fraction of sp³-hybridized carbons (Fsp3) is 1.00. The summed E-state index contributed by atoms with van der Waals surface area (Å²) in [6.45, 7) is 6.02. The Hall–Kier alpha value is -0.160. The first kappa shape index (κ1) is 9.40. The van der Waals surface area contributed by atoms with Gasteiger partial charge in [-0.3, -0.25) is 4.90 Å². The molecule has 0 aromatic heterocycles. The number of nitrogens with zero attached hydrogens (tertiary/aromatic N) is 1. The van der Waals surface area contributed by atoms with Crippen molar-refractivity contribution >= 4 is 0 Å². The second-order valence-corrected chi connectivity index (χ2v) is 4.04. The summed E-state index contributed by atoms with van der Waals surface area (Å²) in [5, 5.41) is 13.3. The predicted octanol–water partition coefficient (Wildman–Crippen LogP) is -0.957. The highest BCUT2D eigenvalue weighted by atomic mass is 16.5. The molecule has 2 aliphatic rings. The predicted molar refractivity (Wildman–Crippen MR) is 49.7 cm³/mol. The van der Waals surface area contributed by atoms with Crippen molar-refractivity contribution in [2.24, 2.45) is 0 Å². The number of hydrogen-bond acceptors (Lipinski definition) is 4. The average Bonchev–Trinajstić information content (AvgIpc) is 2.54. The Morgan fingerprint density at radius 3 is 2.77 bits per heavy atom. The van der Waals surface area contributed by atoms with E-state index in [1.54, 1.807) is 0 Å². The molecule has 4 nitrogen and oxygen atoms in total. The zero-order valence-corrected chi connectivity index (χ0v) is 7.96. The van der Waals surface area contributed by atoms with Gasteiger partial charge in [0.15, 0.2) is 0 Å². The van der Waals surface area contributed by atoms with E-state index in [0.29, 0.717) is 0 Å². The van der Waals surface area contributed by atoms with Gasteiger partial charge < -0.3 is 15.2 Å². The summed E-state index contributed by atoms with van der Waals surface area (Å²) in [4.78, 5) is 2.29. The lowest BCUT2D eigenvalue weighted by Crippen LogP contribution is -2.48. The third kappa shape index (κ3) is 2.40. The van der Waals surface area contributed by atoms with Crippen LogP contribution < -0.4 is 5.32 Å². The second kappa shape index (κ2) is 3.92. The maximum atomic E-state index is 10.1. The zero-order chi connectivity index (χ0) is 9.15. The topological polar surface area (TPSA) is 44.7 Å². The first-order valence-corrected chi connectivity index (χ1v) is 5.02. The van der Waals surface area contributed by atoms with Crippen LogP contribution in [0.3, 0.4) is 0 Å². The summed E-state index contributed by atoms with van der Waals surface area (Å²) < 4.78 is 5.26. The van der Waals surface area contributed by atoms with Gasteiger partial charge in [-0.1, -0.05) is 0 Å². The van der Waals surface area contributed by atoms with E-state index in [-0.39, 0.29) is 0 Å². The molecule has 1 unspecified atom stereocenters. The van der Waals surface area contributed by atoms with Gasteiger partial charge in [0, 0.05) is 26.2 Å². The number of morpholine rings is 1. The lowest BCUT2D eigenvalue weighted by molar-refractivity contribution is -0.0217. The van der Waals surface area contributed by atoms with Crippen molar-refractivity contribution in [1.29, 1.82) is 0 Å². The number of ether oxygens (including phenoxy) is 1. The van der Waals surface area contributed by atoms with E-state index in [9.17, 15) is 5.11 Å². The smallest absolute Gasteiger partial charge is 0.0909 e. The Kier molecular flexibility index (Phi) is 2.83. The Morgan fingerprint density at radius 1 is 1.38 bits per heavy atom. The highest BCUT2D eigenvalue weighted by molar-refractivity contribution is 4.90. The molecule has 76 valence electrons. The standard InChI is InChI=1S/C9H18N2O2/c12-9(1-2-10-7-9)8-11-3-5-13-6-4-11/h10,12H,1-8H2. The van der Waals surface area contributed by atoms with E-state index < -0.39 is 5.60 Å². The highest BCUT2D eigenvalue weighted by Crippen LogP contribution is 2.16. The van der Waals surface area contributed by atoms with Crippen molar-refractivity contribution in [2.75, 3.05) is 45.9 Å². The first-order chi connectivity index (χ1) is 6.29. The molecule has 0 amide bonds. The second-order valence-electron chi connectivity index (χ2n) is 4.04. The van der Waals surface area contributed by atoms with Gasteiger partial charge in [0.2, 0.25) is 0 Å². The van der Waals surface area contributed by atoms with Crippen LogP contribution in [0, 0.1) is 0 Å². The van der Waals surface area contributed by atoms with Crippen LogP contribution in [0.15, 0.2) is 0 Å². The third-order valence-corrected chi connectivity index (χ3v) is 2.84. The number of nitrogens with one attached hydrogen (secondary N) is 1. The van der Waals surface area contributed by atoms with E-state index in [0.717, 1.165) is 52.4 Å². The van der Waals surface area contributed by atoms with Crippen molar-refractivity contribution in [3.63, 3.8) is 0 Å². The quantitative estimate of drug-likeness (QED) is 0.583. The molecule has 1 atom stereocenters. The highest BCUT2D eigenvalue weighted by Gasteiger charge is 2.33. The van der Waals surface area contributed by atoms with E-state index in [1.165, 1.54) is 0 Å². The van der Waals surface area contributed by atoms with Gasteiger partial charge in [-0.05, 0) is 13.0 Å². The first-order valence-electron chi connectivity index (χ1n) is 5.02. The maximum Gasteiger partial charge on any atom is 0.0909 e. The monoisotopic (exact) mass is 186 g/mol. The Labute approximate surface area is 78.9 Å². The summed E-state index contributed by atoms with van der Waals surface area (Å²) in [7, 11) is 0. The van der Waals surface area contributed by atoms with Gasteiger partial charge in [-0.15, -0.1) is 0 Å². The van der Waals surface area contributed by atoms with Crippen LogP contribution in [0.4, 0.5) is 0 Å². The summed E-state index contributed by atoms with van der Waals surface area (Å²) in [6, 6.07) is 0. The molecular weight excluding hydrogens is 168 g/mol. The van der Waals surface area contributed by atoms with E-state index in [2.05, 4.69) is 10.2 Å². The van der Waals surface area contributed by atoms with Crippen LogP contribution in [0.25, 0.3) is 0 Å². The maximum absolute atomic E-state index is 10.1. The summed E-state index contributed by atoms with van der Waals surface area (Å²) in [5.41, 5.74) is -0.489. The molecule has 0 radical (unpaired) electrons. The summed E-state index contributed by atoms with van der Waals surface area (Å²) >= 11 is 0. The van der Waals surface area contributed by atoms with Crippen molar-refractivity contribution in [2.45, 2.75) is 12.0 Å². The molecule has 2 N–H and O–H groups in total. The molecular formula is C9H18N2O2. The van der Waals surface area contributed by atoms with Crippen LogP contribution in [0.5, 0.6) is 0 Å². The summed E-state index contributed by atoms with van der Waals surface area (Å²) in [5.74, 6) is 0. The van der Waals surface area contributed by atoms with E-state index in [4.69, 9.17) is 4.74 Å². The van der Waals surface area contributed by atoms with Gasteiger partial charge in [-0.2, -0.15) is 0 Å². The minimum atomic E-state index is -0.489. The lowest BCUT2D eigenvalue weighted by Gasteiger charge is -2.33. The molecule has 0 aromatic rings. The molecule has 2 rings (SSSR count). The largest absolute Gasteiger partial charge is 0.387 e. The minimum Gasteiger partial charge on any atom is -0.387 e. The van der Waals surface area contributed by atoms with Gasteiger partial charge >= 0.3 is 0 Å². The van der Waals surface area contributed by atoms with Crippen molar-refractivity contribution in [3.05, 3.63) is 0 Å². The van der Waals surface area contributed by atoms with Crippen LogP contribution >= 0.6 is 0 Å². The van der Waals surface area contributed by atoms with Crippen molar-refractivity contribution < 1.29 is 9.84 Å². The van der Waals surface area contributed by atoms with Crippen LogP contribution in [0.2, 0.25) is 0 Å². The normalized spacial score (nSPS) is 36.7. The summed E-state index contributed by atoms with van der Waals surface area (Å²) in [6.07, 6.45) is 0.879. The SMILES string of the molecule is OC1(CN2CCOCC2)CCNC1. The molecule has 13 heavy (non-hydrogen) atoms. The molecule has 0 saturated carbocycles. The van der Waals surface area contributed by atoms with E-state index >= 15 is 0 Å². The van der Waals surface area contributed by atoms with Gasteiger partial charge in [0.1, 0.15) is 0 Å². The van der Waals surface area contributed by atoms with Gasteiger partial charge in [-0.25, -0.2) is 0 Å². The molecule has 2 saturated heterocycles. The minimum absolute atomic E-state index is 0.489. The van der Waals surface area contributed by atoms with E-state index in [1.807, 2.05) is 0 Å². The Balaban J connectivity index is 1.81. The Bertz CT molecular complexity index is 163. The van der Waals surface area contributed by atoms with Gasteiger partial charge in [0.25, 0.3) is 0 Å². The number of rotatable bonds is 2. The molecule has 0 aliphatic carbocycles. The number of β-amino-alcohol motifs (C(OH)–C–C–N with tert-alkyl or cyclic N) is 1. The lowest BCUT2D eigenvalue weighted by atomic mass is 10.0. The average molecular weight is 186 g/mol. The molecule has 0 bridgehead atoms. The molecule has 0 aromatic carbocycles. The number of aliphatic hydroxyl groups is 1. The van der Waals surface area contributed by atoms with Crippen LogP contribution in [0.1, 0.15) is 6.42 Å². The molecule has 0 spiro atoms. The molecule has 2 heterocycles. The van der Waals surface area contributed by atoms with Crippen LogP contribution in [-0.2, 0) is 4.74 Å². The fourth-order valence-electron chi connectivity index (χ4n) is 2.04.